The number of hydrogen-bond acceptors (Lipinski definition) is 4. The second-order valence-electron chi connectivity index (χ2n) is 4.38. The molecule has 6 N–H and O–H groups in total. The number of anilines is 2. The molecule has 6 nitrogen and oxygen atoms in total. The lowest BCUT2D eigenvalue weighted by molar-refractivity contribution is -0.118. The van der Waals surface area contributed by atoms with Gasteiger partial charge >= 0.3 is 0 Å². The predicted molar refractivity (Wildman–Crippen MR) is 75.8 cm³/mol. The van der Waals surface area contributed by atoms with E-state index in [0.717, 1.165) is 0 Å². The van der Waals surface area contributed by atoms with Gasteiger partial charge in [-0.15, -0.1) is 0 Å². The molecular weight excluding hydrogens is 244 g/mol. The second-order valence-corrected chi connectivity index (χ2v) is 4.38. The second kappa shape index (κ2) is 6.63. The van der Waals surface area contributed by atoms with Crippen LogP contribution in [0, 0.1) is 0 Å². The number of rotatable bonds is 6. The molecule has 0 saturated heterocycles. The fourth-order valence-electron chi connectivity index (χ4n) is 1.72. The minimum absolute atomic E-state index is 0.116. The van der Waals surface area contributed by atoms with E-state index in [-0.39, 0.29) is 24.3 Å². The molecule has 0 aromatic heterocycles. The lowest BCUT2D eigenvalue weighted by atomic mass is 10.1. The SMILES string of the molecule is CCNC(=O)c1ccc(NC(C)CC(N)=O)c(N)c1. The van der Waals surface area contributed by atoms with Crippen molar-refractivity contribution in [2.24, 2.45) is 5.73 Å². The Morgan fingerprint density at radius 1 is 1.37 bits per heavy atom. The Kier molecular flexibility index (Phi) is 5.17. The lowest BCUT2D eigenvalue weighted by Gasteiger charge is -2.16. The van der Waals surface area contributed by atoms with Crippen molar-refractivity contribution in [2.45, 2.75) is 26.3 Å². The number of nitrogen functional groups attached to an aromatic ring is 1. The van der Waals surface area contributed by atoms with Gasteiger partial charge in [-0.2, -0.15) is 0 Å². The minimum atomic E-state index is -0.377. The van der Waals surface area contributed by atoms with E-state index in [1.165, 1.54) is 0 Å². The number of hydrogen-bond donors (Lipinski definition) is 4. The fourth-order valence-corrected chi connectivity index (χ4v) is 1.72. The molecular formula is C13H20N4O2. The number of benzene rings is 1. The number of amides is 2. The molecule has 2 amide bonds. The molecule has 1 atom stereocenters. The summed E-state index contributed by atoms with van der Waals surface area (Å²) in [6.07, 6.45) is 0.220. The number of nitrogens with one attached hydrogen (secondary N) is 2. The maximum Gasteiger partial charge on any atom is 0.251 e. The minimum Gasteiger partial charge on any atom is -0.397 e. The van der Waals surface area contributed by atoms with Gasteiger partial charge in [-0.05, 0) is 32.0 Å². The highest BCUT2D eigenvalue weighted by molar-refractivity contribution is 5.96. The van der Waals surface area contributed by atoms with Crippen molar-refractivity contribution in [3.05, 3.63) is 23.8 Å². The molecule has 0 aliphatic carbocycles. The summed E-state index contributed by atoms with van der Waals surface area (Å²) in [5.74, 6) is -0.538. The molecule has 0 heterocycles. The smallest absolute Gasteiger partial charge is 0.251 e. The highest BCUT2D eigenvalue weighted by Crippen LogP contribution is 2.21. The first-order valence-electron chi connectivity index (χ1n) is 6.16. The van der Waals surface area contributed by atoms with E-state index in [0.29, 0.717) is 23.5 Å². The first-order chi connectivity index (χ1) is 8.93. The summed E-state index contributed by atoms with van der Waals surface area (Å²) >= 11 is 0. The molecule has 104 valence electrons. The van der Waals surface area contributed by atoms with Crippen LogP contribution in [0.25, 0.3) is 0 Å². The average molecular weight is 264 g/mol. The Labute approximate surface area is 112 Å². The molecule has 0 aliphatic rings. The van der Waals surface area contributed by atoms with E-state index in [9.17, 15) is 9.59 Å². The van der Waals surface area contributed by atoms with Crippen LogP contribution >= 0.6 is 0 Å². The third kappa shape index (κ3) is 4.50. The van der Waals surface area contributed by atoms with Crippen LogP contribution in [0.2, 0.25) is 0 Å². The Morgan fingerprint density at radius 3 is 2.58 bits per heavy atom. The largest absolute Gasteiger partial charge is 0.397 e. The van der Waals surface area contributed by atoms with Crippen LogP contribution in [-0.4, -0.2) is 24.4 Å². The first-order valence-corrected chi connectivity index (χ1v) is 6.16. The molecule has 19 heavy (non-hydrogen) atoms. The van der Waals surface area contributed by atoms with E-state index in [4.69, 9.17) is 11.5 Å². The number of carbonyl (C=O) groups excluding carboxylic acids is 2. The van der Waals surface area contributed by atoms with E-state index >= 15 is 0 Å². The van der Waals surface area contributed by atoms with Crippen molar-refractivity contribution >= 4 is 23.2 Å². The summed E-state index contributed by atoms with van der Waals surface area (Å²) in [6.45, 7) is 4.25. The highest BCUT2D eigenvalue weighted by Gasteiger charge is 2.10. The molecule has 0 fully saturated rings. The molecule has 0 radical (unpaired) electrons. The summed E-state index contributed by atoms with van der Waals surface area (Å²) in [4.78, 5) is 22.4. The zero-order valence-corrected chi connectivity index (χ0v) is 11.2. The van der Waals surface area contributed by atoms with Crippen LogP contribution in [0.15, 0.2) is 18.2 Å². The van der Waals surface area contributed by atoms with E-state index in [2.05, 4.69) is 10.6 Å². The van der Waals surface area contributed by atoms with Crippen molar-refractivity contribution in [1.29, 1.82) is 0 Å². The predicted octanol–water partition coefficient (Wildman–Crippen LogP) is 0.694. The van der Waals surface area contributed by atoms with Gasteiger partial charge in [-0.3, -0.25) is 9.59 Å². The molecule has 1 rings (SSSR count). The summed E-state index contributed by atoms with van der Waals surface area (Å²) in [6, 6.07) is 4.89. The number of carbonyl (C=O) groups is 2. The molecule has 1 unspecified atom stereocenters. The highest BCUT2D eigenvalue weighted by atomic mass is 16.2. The van der Waals surface area contributed by atoms with E-state index in [1.807, 2.05) is 13.8 Å². The van der Waals surface area contributed by atoms with Crippen molar-refractivity contribution in [3.63, 3.8) is 0 Å². The van der Waals surface area contributed by atoms with Crippen LogP contribution in [0.5, 0.6) is 0 Å². The average Bonchev–Trinajstić information content (AvgIpc) is 2.31. The number of nitrogens with two attached hydrogens (primary N) is 2. The van der Waals surface area contributed by atoms with Crippen molar-refractivity contribution in [2.75, 3.05) is 17.6 Å². The molecule has 1 aromatic carbocycles. The topological polar surface area (TPSA) is 110 Å². The summed E-state index contributed by atoms with van der Waals surface area (Å²) in [5, 5.41) is 5.78. The molecule has 6 heteroatoms. The third-order valence-corrected chi connectivity index (χ3v) is 2.56. The molecule has 0 saturated carbocycles. The van der Waals surface area contributed by atoms with Gasteiger partial charge in [0.15, 0.2) is 0 Å². The molecule has 0 bridgehead atoms. The summed E-state index contributed by atoms with van der Waals surface area (Å²) in [7, 11) is 0. The van der Waals surface area contributed by atoms with Gasteiger partial charge in [0.2, 0.25) is 5.91 Å². The van der Waals surface area contributed by atoms with E-state index < -0.39 is 0 Å². The zero-order valence-electron chi connectivity index (χ0n) is 11.2. The molecule has 0 aliphatic heterocycles. The maximum atomic E-state index is 11.6. The van der Waals surface area contributed by atoms with Crippen molar-refractivity contribution < 1.29 is 9.59 Å². The standard InChI is InChI=1S/C13H20N4O2/c1-3-16-13(19)9-4-5-11(10(14)7-9)17-8(2)6-12(15)18/h4-5,7-8,17H,3,6,14H2,1-2H3,(H2,15,18)(H,16,19). The Hall–Kier alpha value is -2.24. The van der Waals surface area contributed by atoms with Crippen LogP contribution in [0.4, 0.5) is 11.4 Å². The Bertz CT molecular complexity index is 474. The molecule has 0 spiro atoms. The van der Waals surface area contributed by atoms with Crippen LogP contribution < -0.4 is 22.1 Å². The van der Waals surface area contributed by atoms with Crippen LogP contribution in [-0.2, 0) is 4.79 Å². The monoisotopic (exact) mass is 264 g/mol. The van der Waals surface area contributed by atoms with Crippen LogP contribution in [0.1, 0.15) is 30.6 Å². The van der Waals surface area contributed by atoms with Crippen molar-refractivity contribution in [1.82, 2.24) is 5.32 Å². The maximum absolute atomic E-state index is 11.6. The van der Waals surface area contributed by atoms with Gasteiger partial charge in [0.05, 0.1) is 11.4 Å². The summed E-state index contributed by atoms with van der Waals surface area (Å²) < 4.78 is 0. The lowest BCUT2D eigenvalue weighted by Crippen LogP contribution is -2.25. The van der Waals surface area contributed by atoms with Gasteiger partial charge in [-0.1, -0.05) is 0 Å². The Balaban J connectivity index is 2.77. The normalized spacial score (nSPS) is 11.7. The quantitative estimate of drug-likeness (QED) is 0.567. The van der Waals surface area contributed by atoms with Gasteiger partial charge in [0.25, 0.3) is 5.91 Å². The van der Waals surface area contributed by atoms with Gasteiger partial charge in [-0.25, -0.2) is 0 Å². The van der Waals surface area contributed by atoms with Gasteiger partial charge in [0, 0.05) is 24.6 Å². The third-order valence-electron chi connectivity index (χ3n) is 2.56. The van der Waals surface area contributed by atoms with Gasteiger partial charge in [0.1, 0.15) is 0 Å². The zero-order chi connectivity index (χ0) is 14.4. The molecule has 1 aromatic rings. The fraction of sp³-hybridized carbons (Fsp3) is 0.385. The van der Waals surface area contributed by atoms with Crippen molar-refractivity contribution in [3.8, 4) is 0 Å². The van der Waals surface area contributed by atoms with E-state index in [1.54, 1.807) is 18.2 Å². The first kappa shape index (κ1) is 14.8. The van der Waals surface area contributed by atoms with Crippen LogP contribution in [0.3, 0.4) is 0 Å². The Morgan fingerprint density at radius 2 is 2.05 bits per heavy atom. The number of primary amides is 1. The van der Waals surface area contributed by atoms with Gasteiger partial charge < -0.3 is 22.1 Å². The summed E-state index contributed by atoms with van der Waals surface area (Å²) in [5.41, 5.74) is 12.6.